The number of nitrogens with zero attached hydrogens (tertiary/aromatic N) is 3. The van der Waals surface area contributed by atoms with Crippen LogP contribution in [0.15, 0.2) is 48.8 Å². The Morgan fingerprint density at radius 3 is 2.92 bits per heavy atom. The van der Waals surface area contributed by atoms with Gasteiger partial charge in [0.15, 0.2) is 0 Å². The molecule has 0 aliphatic carbocycles. The highest BCUT2D eigenvalue weighted by Gasteiger charge is 2.26. The van der Waals surface area contributed by atoms with Crippen LogP contribution in [0, 0.1) is 0 Å². The summed E-state index contributed by atoms with van der Waals surface area (Å²) in [6, 6.07) is 11.5. The first-order valence-corrected chi connectivity index (χ1v) is 8.25. The number of aromatic nitrogens is 1. The first-order chi connectivity index (χ1) is 11.6. The Balaban J connectivity index is 1.67. The molecule has 0 N–H and O–H groups in total. The van der Waals surface area contributed by atoms with Crippen molar-refractivity contribution in [2.24, 2.45) is 0 Å². The molecule has 5 nitrogen and oxygen atoms in total. The minimum absolute atomic E-state index is 0.0717. The van der Waals surface area contributed by atoms with E-state index in [4.69, 9.17) is 4.74 Å². The molecule has 1 aromatic heterocycles. The highest BCUT2D eigenvalue weighted by molar-refractivity contribution is 5.94. The fraction of sp³-hybridized carbons (Fsp3) is 0.368. The highest BCUT2D eigenvalue weighted by atomic mass is 16.5. The Morgan fingerprint density at radius 1 is 1.29 bits per heavy atom. The van der Waals surface area contributed by atoms with Gasteiger partial charge in [0.05, 0.1) is 0 Å². The molecule has 2 heterocycles. The van der Waals surface area contributed by atoms with Gasteiger partial charge in [-0.05, 0) is 38.2 Å². The van der Waals surface area contributed by atoms with Crippen molar-refractivity contribution in [3.63, 3.8) is 0 Å². The van der Waals surface area contributed by atoms with Gasteiger partial charge in [0.1, 0.15) is 12.4 Å². The van der Waals surface area contributed by atoms with Gasteiger partial charge in [0.25, 0.3) is 5.91 Å². The van der Waals surface area contributed by atoms with E-state index in [1.807, 2.05) is 41.3 Å². The SMILES string of the molecule is CC1CN(C)CCN1C(=O)c1cccc(OCc2cccnc2)c1. The summed E-state index contributed by atoms with van der Waals surface area (Å²) >= 11 is 0. The zero-order chi connectivity index (χ0) is 16.9. The molecule has 1 saturated heterocycles. The molecule has 1 fully saturated rings. The molecule has 0 radical (unpaired) electrons. The van der Waals surface area contributed by atoms with Gasteiger partial charge in [-0.1, -0.05) is 12.1 Å². The third kappa shape index (κ3) is 3.92. The van der Waals surface area contributed by atoms with E-state index in [0.717, 1.165) is 25.2 Å². The van der Waals surface area contributed by atoms with Gasteiger partial charge in [-0.3, -0.25) is 9.78 Å². The van der Waals surface area contributed by atoms with E-state index in [0.29, 0.717) is 17.9 Å². The lowest BCUT2D eigenvalue weighted by atomic mass is 10.1. The maximum atomic E-state index is 12.8. The molecule has 1 atom stereocenters. The van der Waals surface area contributed by atoms with Gasteiger partial charge in [0, 0.05) is 49.2 Å². The minimum Gasteiger partial charge on any atom is -0.489 e. The van der Waals surface area contributed by atoms with Crippen LogP contribution in [0.5, 0.6) is 5.75 Å². The van der Waals surface area contributed by atoms with Gasteiger partial charge in [-0.2, -0.15) is 0 Å². The fourth-order valence-corrected chi connectivity index (χ4v) is 2.98. The fourth-order valence-electron chi connectivity index (χ4n) is 2.98. The molecule has 1 aromatic carbocycles. The second-order valence-electron chi connectivity index (χ2n) is 6.29. The number of pyridine rings is 1. The first-order valence-electron chi connectivity index (χ1n) is 8.25. The molecule has 0 saturated carbocycles. The summed E-state index contributed by atoms with van der Waals surface area (Å²) in [5.41, 5.74) is 1.68. The first kappa shape index (κ1) is 16.5. The Labute approximate surface area is 142 Å². The van der Waals surface area contributed by atoms with Crippen LogP contribution >= 0.6 is 0 Å². The summed E-state index contributed by atoms with van der Waals surface area (Å²) in [5, 5.41) is 0. The molecule has 1 aliphatic rings. The van der Waals surface area contributed by atoms with E-state index in [1.165, 1.54) is 0 Å². The largest absolute Gasteiger partial charge is 0.489 e. The van der Waals surface area contributed by atoms with Gasteiger partial charge in [-0.15, -0.1) is 0 Å². The van der Waals surface area contributed by atoms with E-state index in [2.05, 4.69) is 23.9 Å². The van der Waals surface area contributed by atoms with Crippen molar-refractivity contribution < 1.29 is 9.53 Å². The molecule has 1 amide bonds. The van der Waals surface area contributed by atoms with E-state index >= 15 is 0 Å². The number of carbonyl (C=O) groups is 1. The molecule has 1 aliphatic heterocycles. The summed E-state index contributed by atoms with van der Waals surface area (Å²) < 4.78 is 5.80. The van der Waals surface area contributed by atoms with Crippen molar-refractivity contribution in [3.05, 3.63) is 59.9 Å². The van der Waals surface area contributed by atoms with Crippen molar-refractivity contribution in [1.82, 2.24) is 14.8 Å². The maximum absolute atomic E-state index is 12.8. The number of carbonyl (C=O) groups excluding carboxylic acids is 1. The van der Waals surface area contributed by atoms with Gasteiger partial charge in [0.2, 0.25) is 0 Å². The molecule has 5 heteroatoms. The number of amides is 1. The molecule has 2 aromatic rings. The van der Waals surface area contributed by atoms with Crippen LogP contribution in [0.4, 0.5) is 0 Å². The number of ether oxygens (including phenoxy) is 1. The van der Waals surface area contributed by atoms with E-state index in [9.17, 15) is 4.79 Å². The number of likely N-dealkylation sites (N-methyl/N-ethyl adjacent to an activating group) is 1. The number of hydrogen-bond donors (Lipinski definition) is 0. The Morgan fingerprint density at radius 2 is 2.17 bits per heavy atom. The molecule has 3 rings (SSSR count). The summed E-state index contributed by atoms with van der Waals surface area (Å²) in [5.74, 6) is 0.772. The second kappa shape index (κ2) is 7.45. The standard InChI is InChI=1S/C19H23N3O2/c1-15-13-21(2)9-10-22(15)19(23)17-6-3-7-18(11-17)24-14-16-5-4-8-20-12-16/h3-8,11-12,15H,9-10,13-14H2,1-2H3. The van der Waals surface area contributed by atoms with Crippen molar-refractivity contribution in [2.45, 2.75) is 19.6 Å². The lowest BCUT2D eigenvalue weighted by Gasteiger charge is -2.38. The summed E-state index contributed by atoms with van der Waals surface area (Å²) in [6.45, 7) is 5.11. The van der Waals surface area contributed by atoms with Crippen molar-refractivity contribution >= 4 is 5.91 Å². The number of piperazine rings is 1. The minimum atomic E-state index is 0.0717. The molecule has 0 bridgehead atoms. The zero-order valence-corrected chi connectivity index (χ0v) is 14.2. The average molecular weight is 325 g/mol. The third-order valence-corrected chi connectivity index (χ3v) is 4.30. The van der Waals surface area contributed by atoms with E-state index in [-0.39, 0.29) is 11.9 Å². The van der Waals surface area contributed by atoms with Crippen LogP contribution in [-0.2, 0) is 6.61 Å². The van der Waals surface area contributed by atoms with Crippen molar-refractivity contribution in [1.29, 1.82) is 0 Å². The van der Waals surface area contributed by atoms with E-state index in [1.54, 1.807) is 12.4 Å². The Hall–Kier alpha value is -2.40. The Bertz CT molecular complexity index is 690. The normalized spacial score (nSPS) is 18.4. The summed E-state index contributed by atoms with van der Waals surface area (Å²) in [6.07, 6.45) is 3.51. The van der Waals surface area contributed by atoms with Crippen LogP contribution in [0.2, 0.25) is 0 Å². The van der Waals surface area contributed by atoms with Crippen LogP contribution in [-0.4, -0.2) is 53.4 Å². The maximum Gasteiger partial charge on any atom is 0.254 e. The number of hydrogen-bond acceptors (Lipinski definition) is 4. The zero-order valence-electron chi connectivity index (χ0n) is 14.2. The summed E-state index contributed by atoms with van der Waals surface area (Å²) in [7, 11) is 2.09. The third-order valence-electron chi connectivity index (χ3n) is 4.30. The van der Waals surface area contributed by atoms with E-state index < -0.39 is 0 Å². The molecular formula is C19H23N3O2. The van der Waals surface area contributed by atoms with Crippen LogP contribution < -0.4 is 4.74 Å². The molecule has 126 valence electrons. The number of benzene rings is 1. The monoisotopic (exact) mass is 325 g/mol. The average Bonchev–Trinajstić information content (AvgIpc) is 2.61. The van der Waals surface area contributed by atoms with Crippen LogP contribution in [0.25, 0.3) is 0 Å². The molecular weight excluding hydrogens is 302 g/mol. The van der Waals surface area contributed by atoms with Gasteiger partial charge < -0.3 is 14.5 Å². The predicted octanol–water partition coefficient (Wildman–Crippen LogP) is 2.44. The molecule has 24 heavy (non-hydrogen) atoms. The molecule has 0 spiro atoms. The lowest BCUT2D eigenvalue weighted by Crippen LogP contribution is -2.52. The Kier molecular flexibility index (Phi) is 5.11. The van der Waals surface area contributed by atoms with Crippen molar-refractivity contribution in [2.75, 3.05) is 26.7 Å². The lowest BCUT2D eigenvalue weighted by molar-refractivity contribution is 0.0533. The number of rotatable bonds is 4. The highest BCUT2D eigenvalue weighted by Crippen LogP contribution is 2.19. The van der Waals surface area contributed by atoms with Crippen LogP contribution in [0.3, 0.4) is 0 Å². The predicted molar refractivity (Wildman–Crippen MR) is 93.0 cm³/mol. The second-order valence-corrected chi connectivity index (χ2v) is 6.29. The van der Waals surface area contributed by atoms with Crippen LogP contribution in [0.1, 0.15) is 22.8 Å². The van der Waals surface area contributed by atoms with Gasteiger partial charge in [-0.25, -0.2) is 0 Å². The quantitative estimate of drug-likeness (QED) is 0.866. The van der Waals surface area contributed by atoms with Gasteiger partial charge >= 0.3 is 0 Å². The van der Waals surface area contributed by atoms with Crippen molar-refractivity contribution in [3.8, 4) is 5.75 Å². The topological polar surface area (TPSA) is 45.7 Å². The molecule has 1 unspecified atom stereocenters. The smallest absolute Gasteiger partial charge is 0.254 e. The summed E-state index contributed by atoms with van der Waals surface area (Å²) in [4.78, 5) is 21.1.